The van der Waals surface area contributed by atoms with E-state index in [0.29, 0.717) is 10.0 Å². The van der Waals surface area contributed by atoms with Gasteiger partial charge in [-0.1, -0.05) is 28.1 Å². The van der Waals surface area contributed by atoms with Crippen molar-refractivity contribution in [2.75, 3.05) is 0 Å². The molecule has 0 aromatic heterocycles. The zero-order valence-corrected chi connectivity index (χ0v) is 11.6. The maximum absolute atomic E-state index is 13.8. The third kappa shape index (κ3) is 3.30. The van der Waals surface area contributed by atoms with Gasteiger partial charge in [0.25, 0.3) is 0 Å². The summed E-state index contributed by atoms with van der Waals surface area (Å²) in [7, 11) is 0. The number of para-hydroxylation sites is 1. The Morgan fingerprint density at radius 1 is 1.21 bits per heavy atom. The maximum Gasteiger partial charge on any atom is 0.168 e. The lowest BCUT2D eigenvalue weighted by molar-refractivity contribution is 0.194. The van der Waals surface area contributed by atoms with Crippen molar-refractivity contribution < 1.29 is 18.6 Å². The van der Waals surface area contributed by atoms with Crippen LogP contribution in [0.1, 0.15) is 18.6 Å². The Morgan fingerprint density at radius 3 is 2.58 bits per heavy atom. The van der Waals surface area contributed by atoms with E-state index >= 15 is 0 Å². The van der Waals surface area contributed by atoms with E-state index in [2.05, 4.69) is 15.9 Å². The third-order valence-corrected chi connectivity index (χ3v) is 2.96. The second kappa shape index (κ2) is 5.67. The van der Waals surface area contributed by atoms with Crippen molar-refractivity contribution >= 4 is 15.9 Å². The highest BCUT2D eigenvalue weighted by atomic mass is 79.9. The summed E-state index contributed by atoms with van der Waals surface area (Å²) in [5.74, 6) is -1.06. The van der Waals surface area contributed by atoms with Crippen LogP contribution in [0.3, 0.4) is 0 Å². The van der Waals surface area contributed by atoms with Gasteiger partial charge in [-0.2, -0.15) is 0 Å². The minimum Gasteiger partial charge on any atom is -0.454 e. The van der Waals surface area contributed by atoms with Crippen LogP contribution in [0, 0.1) is 11.6 Å². The van der Waals surface area contributed by atoms with Crippen molar-refractivity contribution in [2.24, 2.45) is 0 Å². The fraction of sp³-hybridized carbons (Fsp3) is 0.143. The van der Waals surface area contributed by atoms with E-state index in [1.165, 1.54) is 31.2 Å². The first-order chi connectivity index (χ1) is 8.97. The van der Waals surface area contributed by atoms with Gasteiger partial charge >= 0.3 is 0 Å². The van der Waals surface area contributed by atoms with Crippen LogP contribution < -0.4 is 4.74 Å². The van der Waals surface area contributed by atoms with E-state index < -0.39 is 17.7 Å². The standard InChI is InChI=1S/C14H11BrF2O2/c1-8(18)12-3-2-4-13(17)14(12)19-11-6-9(15)5-10(16)7-11/h2-8,18H,1H3/t8-/m0/s1. The number of benzene rings is 2. The molecule has 1 atom stereocenters. The quantitative estimate of drug-likeness (QED) is 0.894. The average molecular weight is 329 g/mol. The van der Waals surface area contributed by atoms with Crippen molar-refractivity contribution in [2.45, 2.75) is 13.0 Å². The first kappa shape index (κ1) is 14.0. The van der Waals surface area contributed by atoms with Crippen LogP contribution in [-0.4, -0.2) is 5.11 Å². The Kier molecular flexibility index (Phi) is 4.17. The highest BCUT2D eigenvalue weighted by molar-refractivity contribution is 9.10. The first-order valence-corrected chi connectivity index (χ1v) is 6.37. The number of aliphatic hydroxyl groups excluding tert-OH is 1. The second-order valence-corrected chi connectivity index (χ2v) is 4.96. The zero-order chi connectivity index (χ0) is 14.0. The Labute approximate surface area is 117 Å². The summed E-state index contributed by atoms with van der Waals surface area (Å²) < 4.78 is 32.8. The minimum atomic E-state index is -0.886. The Morgan fingerprint density at radius 2 is 1.95 bits per heavy atom. The highest BCUT2D eigenvalue weighted by Gasteiger charge is 2.15. The number of hydrogen-bond acceptors (Lipinski definition) is 2. The molecule has 0 saturated heterocycles. The van der Waals surface area contributed by atoms with Gasteiger partial charge in [-0.15, -0.1) is 0 Å². The molecule has 100 valence electrons. The lowest BCUT2D eigenvalue weighted by Gasteiger charge is -2.14. The monoisotopic (exact) mass is 328 g/mol. The molecular weight excluding hydrogens is 318 g/mol. The van der Waals surface area contributed by atoms with Crippen LogP contribution in [0.25, 0.3) is 0 Å². The molecule has 0 heterocycles. The van der Waals surface area contributed by atoms with Gasteiger partial charge < -0.3 is 9.84 Å². The molecule has 1 N–H and O–H groups in total. The normalized spacial score (nSPS) is 12.3. The van der Waals surface area contributed by atoms with Crippen LogP contribution in [-0.2, 0) is 0 Å². The molecule has 2 nitrogen and oxygen atoms in total. The Balaban J connectivity index is 2.42. The van der Waals surface area contributed by atoms with E-state index in [-0.39, 0.29) is 11.5 Å². The molecule has 0 fully saturated rings. The van der Waals surface area contributed by atoms with Crippen LogP contribution in [0.15, 0.2) is 40.9 Å². The molecule has 0 aliphatic rings. The van der Waals surface area contributed by atoms with Crippen LogP contribution in [0.4, 0.5) is 8.78 Å². The summed E-state index contributed by atoms with van der Waals surface area (Å²) in [4.78, 5) is 0. The van der Waals surface area contributed by atoms with E-state index in [1.807, 2.05) is 0 Å². The van der Waals surface area contributed by atoms with Crippen molar-refractivity contribution in [1.82, 2.24) is 0 Å². The van der Waals surface area contributed by atoms with Gasteiger partial charge in [0, 0.05) is 16.1 Å². The first-order valence-electron chi connectivity index (χ1n) is 5.58. The van der Waals surface area contributed by atoms with E-state index in [9.17, 15) is 13.9 Å². The molecule has 0 unspecified atom stereocenters. The molecule has 0 amide bonds. The van der Waals surface area contributed by atoms with Gasteiger partial charge in [0.05, 0.1) is 6.10 Å². The summed E-state index contributed by atoms with van der Waals surface area (Å²) in [5, 5.41) is 9.59. The number of ether oxygens (including phenoxy) is 1. The summed E-state index contributed by atoms with van der Waals surface area (Å²) >= 11 is 3.13. The topological polar surface area (TPSA) is 29.5 Å². The predicted octanol–water partition coefficient (Wildman–Crippen LogP) is 4.57. The van der Waals surface area contributed by atoms with Gasteiger partial charge in [-0.25, -0.2) is 8.78 Å². The van der Waals surface area contributed by atoms with Crippen LogP contribution in [0.5, 0.6) is 11.5 Å². The average Bonchev–Trinajstić information content (AvgIpc) is 2.30. The largest absolute Gasteiger partial charge is 0.454 e. The number of hydrogen-bond donors (Lipinski definition) is 1. The number of rotatable bonds is 3. The van der Waals surface area contributed by atoms with Crippen molar-refractivity contribution in [3.8, 4) is 11.5 Å². The summed E-state index contributed by atoms with van der Waals surface area (Å²) in [6.07, 6.45) is -0.886. The van der Waals surface area contributed by atoms with Crippen molar-refractivity contribution in [3.05, 3.63) is 58.1 Å². The molecule has 2 rings (SSSR count). The summed E-state index contributed by atoms with van der Waals surface area (Å²) in [6, 6.07) is 8.17. The van der Waals surface area contributed by atoms with Gasteiger partial charge in [-0.3, -0.25) is 0 Å². The zero-order valence-electron chi connectivity index (χ0n) is 10.0. The van der Waals surface area contributed by atoms with Crippen LogP contribution in [0.2, 0.25) is 0 Å². The fourth-order valence-electron chi connectivity index (χ4n) is 1.67. The molecule has 5 heteroatoms. The maximum atomic E-state index is 13.8. The second-order valence-electron chi connectivity index (χ2n) is 4.04. The smallest absolute Gasteiger partial charge is 0.168 e. The molecule has 0 aliphatic heterocycles. The fourth-order valence-corrected chi connectivity index (χ4v) is 2.11. The van der Waals surface area contributed by atoms with Gasteiger partial charge in [0.2, 0.25) is 0 Å². The van der Waals surface area contributed by atoms with Crippen molar-refractivity contribution in [1.29, 1.82) is 0 Å². The van der Waals surface area contributed by atoms with Crippen molar-refractivity contribution in [3.63, 3.8) is 0 Å². The predicted molar refractivity (Wildman–Crippen MR) is 71.2 cm³/mol. The molecule has 0 spiro atoms. The lowest BCUT2D eigenvalue weighted by atomic mass is 10.1. The number of aliphatic hydroxyl groups is 1. The minimum absolute atomic E-state index is 0.102. The van der Waals surface area contributed by atoms with Gasteiger partial charge in [-0.05, 0) is 25.1 Å². The molecular formula is C14H11BrF2O2. The van der Waals surface area contributed by atoms with E-state index in [0.717, 1.165) is 6.07 Å². The van der Waals surface area contributed by atoms with E-state index in [1.54, 1.807) is 6.07 Å². The molecule has 0 bridgehead atoms. The highest BCUT2D eigenvalue weighted by Crippen LogP contribution is 2.33. The Hall–Kier alpha value is -1.46. The molecule has 0 radical (unpaired) electrons. The SMILES string of the molecule is C[C@H](O)c1cccc(F)c1Oc1cc(F)cc(Br)c1. The van der Waals surface area contributed by atoms with E-state index in [4.69, 9.17) is 4.74 Å². The third-order valence-electron chi connectivity index (χ3n) is 2.50. The molecule has 2 aromatic rings. The van der Waals surface area contributed by atoms with Crippen LogP contribution >= 0.6 is 15.9 Å². The summed E-state index contributed by atoms with van der Waals surface area (Å²) in [5.41, 5.74) is 0.306. The Bertz CT molecular complexity index is 580. The molecule has 0 saturated carbocycles. The van der Waals surface area contributed by atoms with Gasteiger partial charge in [0.15, 0.2) is 11.6 Å². The summed E-state index contributed by atoms with van der Waals surface area (Å²) in [6.45, 7) is 1.50. The lowest BCUT2D eigenvalue weighted by Crippen LogP contribution is -1.99. The molecule has 19 heavy (non-hydrogen) atoms. The number of halogens is 3. The molecule has 2 aromatic carbocycles. The molecule has 0 aliphatic carbocycles. The van der Waals surface area contributed by atoms with Gasteiger partial charge in [0.1, 0.15) is 11.6 Å².